The number of aliphatic imine (C=N–C) groups is 1. The molecule has 23 heavy (non-hydrogen) atoms. The van der Waals surface area contributed by atoms with Crippen LogP contribution in [0.2, 0.25) is 0 Å². The summed E-state index contributed by atoms with van der Waals surface area (Å²) in [7, 11) is 0. The van der Waals surface area contributed by atoms with Crippen LogP contribution in [0.4, 0.5) is 0 Å². The molecule has 0 spiro atoms. The molecule has 0 aromatic heterocycles. The summed E-state index contributed by atoms with van der Waals surface area (Å²) < 4.78 is 3.68. The molecular weight excluding hydrogens is 397 g/mol. The molecule has 1 atom stereocenters. The summed E-state index contributed by atoms with van der Waals surface area (Å²) in [4.78, 5) is 16.3. The largest absolute Gasteiger partial charge is 0.297 e. The first-order valence-corrected chi connectivity index (χ1v) is 10.4. The summed E-state index contributed by atoms with van der Waals surface area (Å²) in [5.74, 6) is 0.103. The maximum Gasteiger partial charge on any atom is 0.163 e. The maximum absolute atomic E-state index is 11.7. The van der Waals surface area contributed by atoms with Gasteiger partial charge in [0.05, 0.1) is 0 Å². The number of nitrogens with zero attached hydrogens (tertiary/aromatic N) is 1. The standard InChI is InChI=1S/C20H28INO/c1-7-8-10-14-17(4)19(22-20(21-6)18(5)23)15-12-9-11-13-16(2)3/h7-10,12,14,20H,1-2,6,11,13,15H2,3-5H3/b10-8-,12-9-,17-14+,22-19?. The van der Waals surface area contributed by atoms with E-state index in [0.717, 1.165) is 30.5 Å². The van der Waals surface area contributed by atoms with Crippen molar-refractivity contribution in [2.24, 2.45) is 4.99 Å². The molecule has 0 aliphatic heterocycles. The average Bonchev–Trinajstić information content (AvgIpc) is 2.49. The van der Waals surface area contributed by atoms with Gasteiger partial charge in [0.1, 0.15) is 0 Å². The van der Waals surface area contributed by atoms with Crippen molar-refractivity contribution in [1.82, 2.24) is 0 Å². The fourth-order valence-electron chi connectivity index (χ4n) is 1.70. The first kappa shape index (κ1) is 21.6. The number of hydrogen-bond donors (Lipinski definition) is 0. The van der Waals surface area contributed by atoms with Crippen molar-refractivity contribution in [1.29, 1.82) is 0 Å². The minimum absolute atomic E-state index is 0.103. The highest BCUT2D eigenvalue weighted by molar-refractivity contribution is 14.2. The third-order valence-corrected chi connectivity index (χ3v) is 5.00. The normalized spacial score (nSPS) is 14.4. The molecule has 0 aliphatic rings. The molecule has 0 saturated carbocycles. The van der Waals surface area contributed by atoms with Crippen LogP contribution in [0.15, 0.2) is 65.8 Å². The van der Waals surface area contributed by atoms with Crippen LogP contribution >= 0.6 is 20.7 Å². The molecule has 1 unspecified atom stereocenters. The van der Waals surface area contributed by atoms with E-state index >= 15 is 0 Å². The van der Waals surface area contributed by atoms with Gasteiger partial charge in [-0.05, 0) is 39.2 Å². The Morgan fingerprint density at radius 3 is 2.43 bits per heavy atom. The van der Waals surface area contributed by atoms with Gasteiger partial charge in [-0.15, -0.1) is 6.58 Å². The number of ketones is 1. The molecule has 0 fully saturated rings. The first-order chi connectivity index (χ1) is 10.9. The highest BCUT2D eigenvalue weighted by Gasteiger charge is 2.10. The van der Waals surface area contributed by atoms with Gasteiger partial charge < -0.3 is 0 Å². The van der Waals surface area contributed by atoms with Gasteiger partial charge in [0.25, 0.3) is 0 Å². The van der Waals surface area contributed by atoms with Crippen LogP contribution in [0.25, 0.3) is 0 Å². The molecule has 0 aliphatic carbocycles. The van der Waals surface area contributed by atoms with Crippen LogP contribution in [0.1, 0.15) is 40.0 Å². The Balaban J connectivity index is 5.17. The Hall–Kier alpha value is -1.36. The van der Waals surface area contributed by atoms with Gasteiger partial charge in [0.15, 0.2) is 9.83 Å². The molecular formula is C20H28INO. The van der Waals surface area contributed by atoms with Crippen LogP contribution in [0.5, 0.6) is 0 Å². The van der Waals surface area contributed by atoms with Crippen LogP contribution in [0, 0.1) is 0 Å². The molecule has 0 N–H and O–H groups in total. The van der Waals surface area contributed by atoms with E-state index in [1.54, 1.807) is 13.0 Å². The molecule has 0 aromatic rings. The fourth-order valence-corrected chi connectivity index (χ4v) is 2.86. The van der Waals surface area contributed by atoms with Crippen molar-refractivity contribution in [2.75, 3.05) is 0 Å². The highest BCUT2D eigenvalue weighted by atomic mass is 127. The van der Waals surface area contributed by atoms with Gasteiger partial charge in [-0.25, -0.2) is 0 Å². The zero-order chi connectivity index (χ0) is 17.7. The number of halogens is 1. The van der Waals surface area contributed by atoms with Gasteiger partial charge in [0.2, 0.25) is 0 Å². The van der Waals surface area contributed by atoms with E-state index in [0.29, 0.717) is 0 Å². The van der Waals surface area contributed by atoms with E-state index in [-0.39, 0.29) is 9.83 Å². The van der Waals surface area contributed by atoms with Crippen molar-refractivity contribution in [2.45, 2.75) is 44.1 Å². The Morgan fingerprint density at radius 2 is 1.91 bits per heavy atom. The molecule has 0 saturated heterocycles. The van der Waals surface area contributed by atoms with Gasteiger partial charge in [0, 0.05) is 12.1 Å². The zero-order valence-corrected chi connectivity index (χ0v) is 16.7. The Morgan fingerprint density at radius 1 is 1.22 bits per heavy atom. The predicted octanol–water partition coefficient (Wildman–Crippen LogP) is 5.74. The average molecular weight is 425 g/mol. The molecule has 3 heteroatoms. The van der Waals surface area contributed by atoms with Crippen molar-refractivity contribution >= 4 is 36.7 Å². The minimum atomic E-state index is -0.491. The van der Waals surface area contributed by atoms with Crippen LogP contribution in [-0.4, -0.2) is 20.1 Å². The van der Waals surface area contributed by atoms with Gasteiger partial charge in [-0.3, -0.25) is 9.79 Å². The first-order valence-electron chi connectivity index (χ1n) is 7.62. The van der Waals surface area contributed by atoms with Crippen molar-refractivity contribution in [3.05, 3.63) is 60.8 Å². The van der Waals surface area contributed by atoms with E-state index in [1.165, 1.54) is 5.57 Å². The number of rotatable bonds is 11. The summed E-state index contributed by atoms with van der Waals surface area (Å²) in [6.45, 7) is 13.2. The fraction of sp³-hybridized carbons (Fsp3) is 0.350. The van der Waals surface area contributed by atoms with Gasteiger partial charge in [-0.2, -0.15) is 0 Å². The van der Waals surface area contributed by atoms with E-state index in [4.69, 9.17) is 0 Å². The second-order valence-electron chi connectivity index (χ2n) is 5.32. The molecule has 126 valence electrons. The lowest BCUT2D eigenvalue weighted by molar-refractivity contribution is -0.116. The third kappa shape index (κ3) is 10.9. The number of Topliss-reactive ketones (excluding diaryl/α,β-unsaturated/α-hetero) is 1. The van der Waals surface area contributed by atoms with E-state index in [9.17, 15) is 4.79 Å². The number of hydrogen-bond acceptors (Lipinski definition) is 2. The Kier molecular flexibility index (Phi) is 12.3. The molecule has 0 aromatic carbocycles. The second-order valence-corrected chi connectivity index (χ2v) is 7.38. The summed E-state index contributed by atoms with van der Waals surface area (Å²) in [6, 6.07) is 0. The van der Waals surface area contributed by atoms with Gasteiger partial charge in [-0.1, -0.05) is 73.9 Å². The van der Waals surface area contributed by atoms with Gasteiger partial charge >= 0.3 is 0 Å². The van der Waals surface area contributed by atoms with Crippen LogP contribution in [0.3, 0.4) is 0 Å². The monoisotopic (exact) mass is 425 g/mol. The highest BCUT2D eigenvalue weighted by Crippen LogP contribution is 2.14. The number of alkyl halides is 1. The van der Waals surface area contributed by atoms with Crippen molar-refractivity contribution in [3.8, 4) is 0 Å². The van der Waals surface area contributed by atoms with E-state index < -0.39 is 20.7 Å². The molecule has 0 heterocycles. The van der Waals surface area contributed by atoms with Crippen molar-refractivity contribution < 1.29 is 4.79 Å². The lowest BCUT2D eigenvalue weighted by Crippen LogP contribution is -2.12. The van der Waals surface area contributed by atoms with E-state index in [1.807, 2.05) is 32.1 Å². The molecule has 0 rings (SSSR count). The molecule has 0 bridgehead atoms. The summed E-state index contributed by atoms with van der Waals surface area (Å²) >= 11 is -0.491. The summed E-state index contributed by atoms with van der Waals surface area (Å²) in [5.41, 5.74) is 3.21. The van der Waals surface area contributed by atoms with Crippen LogP contribution in [-0.2, 0) is 4.79 Å². The third-order valence-electron chi connectivity index (χ3n) is 3.02. The number of carbonyl (C=O) groups excluding carboxylic acids is 1. The maximum atomic E-state index is 11.7. The second kappa shape index (κ2) is 13.1. The van der Waals surface area contributed by atoms with E-state index in [2.05, 4.69) is 34.8 Å². The SMILES string of the molecule is C=C/C=C\C=C(/C)C(C/C=C\CCC(=C)C)=NC(I=C)C(C)=O. The lowest BCUT2D eigenvalue weighted by Gasteiger charge is -2.08. The number of carbonyl (C=O) groups is 1. The lowest BCUT2D eigenvalue weighted by atomic mass is 10.1. The smallest absolute Gasteiger partial charge is 0.163 e. The Labute approximate surface area is 151 Å². The summed E-state index contributed by atoms with van der Waals surface area (Å²) in [6.07, 6.45) is 14.5. The predicted molar refractivity (Wildman–Crippen MR) is 114 cm³/mol. The molecule has 0 radical (unpaired) electrons. The topological polar surface area (TPSA) is 29.4 Å². The number of allylic oxidation sites excluding steroid dienone is 8. The molecule has 0 amide bonds. The summed E-state index contributed by atoms with van der Waals surface area (Å²) in [5, 5.41) is 0. The molecule has 2 nitrogen and oxygen atoms in total. The minimum Gasteiger partial charge on any atom is -0.297 e. The zero-order valence-electron chi connectivity index (χ0n) is 14.5. The van der Waals surface area contributed by atoms with Crippen LogP contribution < -0.4 is 0 Å². The Bertz CT molecular complexity index is 550. The quantitative estimate of drug-likeness (QED) is 0.104. The van der Waals surface area contributed by atoms with Crippen molar-refractivity contribution in [3.63, 3.8) is 0 Å².